The summed E-state index contributed by atoms with van der Waals surface area (Å²) in [4.78, 5) is 0. The highest BCUT2D eigenvalue weighted by atomic mass is 127. The van der Waals surface area contributed by atoms with E-state index in [1.165, 1.54) is 2.88 Å². The Hall–Kier alpha value is -0.100. The molecule has 0 aliphatic heterocycles. The summed E-state index contributed by atoms with van der Waals surface area (Å²) in [5, 5.41) is 12.9. The van der Waals surface area contributed by atoms with Gasteiger partial charge in [-0.3, -0.25) is 0 Å². The van der Waals surface area contributed by atoms with Gasteiger partial charge in [0.2, 0.25) is 0 Å². The molecule has 4 heteroatoms. The molecule has 17 heavy (non-hydrogen) atoms. The van der Waals surface area contributed by atoms with Crippen LogP contribution in [0.4, 0.5) is 0 Å². The van der Waals surface area contributed by atoms with Crippen molar-refractivity contribution >= 4 is 45.5 Å². The molecule has 1 aromatic carbocycles. The van der Waals surface area contributed by atoms with E-state index in [2.05, 4.69) is 22.6 Å². The van der Waals surface area contributed by atoms with Crippen molar-refractivity contribution in [1.29, 1.82) is 0 Å². The van der Waals surface area contributed by atoms with E-state index in [0.29, 0.717) is 6.42 Å². The maximum Gasteiger partial charge on any atom is 0.0839 e. The molecule has 0 amide bonds. The van der Waals surface area contributed by atoms with Crippen molar-refractivity contribution in [3.63, 3.8) is 0 Å². The van der Waals surface area contributed by atoms with Crippen LogP contribution in [0.15, 0.2) is 29.6 Å². The molecular weight excluding hydrogens is 367 g/mol. The quantitative estimate of drug-likeness (QED) is 0.775. The van der Waals surface area contributed by atoms with Crippen LogP contribution in [0.3, 0.4) is 0 Å². The number of thiophene rings is 1. The first-order valence-electron chi connectivity index (χ1n) is 5.23. The minimum atomic E-state index is -0.477. The molecule has 0 aliphatic carbocycles. The lowest BCUT2D eigenvalue weighted by molar-refractivity contribution is 0.179. The zero-order valence-corrected chi connectivity index (χ0v) is 13.0. The van der Waals surface area contributed by atoms with Gasteiger partial charge in [-0.15, -0.1) is 11.3 Å². The predicted molar refractivity (Wildman–Crippen MR) is 81.9 cm³/mol. The molecule has 0 fully saturated rings. The van der Waals surface area contributed by atoms with Gasteiger partial charge in [0, 0.05) is 11.4 Å². The Morgan fingerprint density at radius 3 is 2.76 bits per heavy atom. The van der Waals surface area contributed by atoms with Gasteiger partial charge in [0.05, 0.1) is 8.99 Å². The molecule has 2 aromatic rings. The van der Waals surface area contributed by atoms with Gasteiger partial charge < -0.3 is 5.11 Å². The molecule has 0 radical (unpaired) electrons. The van der Waals surface area contributed by atoms with Crippen molar-refractivity contribution in [2.75, 3.05) is 0 Å². The molecule has 1 N–H and O–H groups in total. The summed E-state index contributed by atoms with van der Waals surface area (Å²) >= 11 is 10.1. The standard InChI is InChI=1S/C13H12ClIOS/c1-8-2-3-9(11(14)4-8)5-12(16)10-6-13(15)17-7-10/h2-4,6-7,12,16H,5H2,1H3. The van der Waals surface area contributed by atoms with Crippen molar-refractivity contribution in [3.05, 3.63) is 54.2 Å². The highest BCUT2D eigenvalue weighted by Gasteiger charge is 2.12. The van der Waals surface area contributed by atoms with Crippen LogP contribution in [0.5, 0.6) is 0 Å². The van der Waals surface area contributed by atoms with E-state index in [4.69, 9.17) is 11.6 Å². The Labute approximate surface area is 124 Å². The topological polar surface area (TPSA) is 20.2 Å². The van der Waals surface area contributed by atoms with Crippen LogP contribution in [-0.2, 0) is 6.42 Å². The lowest BCUT2D eigenvalue weighted by atomic mass is 10.0. The highest BCUT2D eigenvalue weighted by Crippen LogP contribution is 2.27. The lowest BCUT2D eigenvalue weighted by Gasteiger charge is -2.10. The van der Waals surface area contributed by atoms with Gasteiger partial charge in [0.1, 0.15) is 0 Å². The number of aryl methyl sites for hydroxylation is 1. The van der Waals surface area contributed by atoms with Gasteiger partial charge in [0.15, 0.2) is 0 Å². The number of hydrogen-bond acceptors (Lipinski definition) is 2. The molecule has 2 rings (SSSR count). The monoisotopic (exact) mass is 378 g/mol. The number of aliphatic hydroxyl groups excluding tert-OH is 1. The molecule has 1 atom stereocenters. The normalized spacial score (nSPS) is 12.7. The summed E-state index contributed by atoms with van der Waals surface area (Å²) in [7, 11) is 0. The number of aliphatic hydroxyl groups is 1. The van der Waals surface area contributed by atoms with E-state index in [-0.39, 0.29) is 0 Å². The number of benzene rings is 1. The average molecular weight is 379 g/mol. The van der Waals surface area contributed by atoms with Gasteiger partial charge in [-0.05, 0) is 63.7 Å². The smallest absolute Gasteiger partial charge is 0.0839 e. The summed E-state index contributed by atoms with van der Waals surface area (Å²) in [6, 6.07) is 7.95. The third kappa shape index (κ3) is 3.44. The lowest BCUT2D eigenvalue weighted by Crippen LogP contribution is -2.01. The first-order valence-corrected chi connectivity index (χ1v) is 7.57. The maximum absolute atomic E-state index is 10.1. The van der Waals surface area contributed by atoms with Crippen molar-refractivity contribution in [2.24, 2.45) is 0 Å². The fraction of sp³-hybridized carbons (Fsp3) is 0.231. The van der Waals surface area contributed by atoms with Crippen molar-refractivity contribution in [3.8, 4) is 0 Å². The maximum atomic E-state index is 10.1. The van der Waals surface area contributed by atoms with Gasteiger partial charge in [0.25, 0.3) is 0 Å². The molecule has 0 saturated heterocycles. The summed E-state index contributed by atoms with van der Waals surface area (Å²) in [5.41, 5.74) is 3.10. The minimum Gasteiger partial charge on any atom is -0.388 e. The van der Waals surface area contributed by atoms with Crippen LogP contribution < -0.4 is 0 Å². The fourth-order valence-electron chi connectivity index (χ4n) is 1.64. The summed E-state index contributed by atoms with van der Waals surface area (Å²) in [6.45, 7) is 2.01. The van der Waals surface area contributed by atoms with E-state index in [9.17, 15) is 5.11 Å². The first kappa shape index (κ1) is 13.3. The molecule has 1 aromatic heterocycles. The van der Waals surface area contributed by atoms with Crippen LogP contribution in [-0.4, -0.2) is 5.11 Å². The SMILES string of the molecule is Cc1ccc(CC(O)c2csc(I)c2)c(Cl)c1. The van der Waals surface area contributed by atoms with Crippen LogP contribution in [0, 0.1) is 9.81 Å². The Morgan fingerprint density at radius 1 is 1.41 bits per heavy atom. The van der Waals surface area contributed by atoms with Crippen molar-refractivity contribution in [2.45, 2.75) is 19.4 Å². The zero-order valence-electron chi connectivity index (χ0n) is 9.28. The van der Waals surface area contributed by atoms with Crippen molar-refractivity contribution < 1.29 is 5.11 Å². The molecule has 0 spiro atoms. The van der Waals surface area contributed by atoms with Gasteiger partial charge in [-0.25, -0.2) is 0 Å². The van der Waals surface area contributed by atoms with Crippen LogP contribution >= 0.6 is 45.5 Å². The highest BCUT2D eigenvalue weighted by molar-refractivity contribution is 14.1. The summed E-state index contributed by atoms with van der Waals surface area (Å²) in [5.74, 6) is 0. The summed E-state index contributed by atoms with van der Waals surface area (Å²) < 4.78 is 1.19. The van der Waals surface area contributed by atoms with Crippen LogP contribution in [0.1, 0.15) is 22.8 Å². The largest absolute Gasteiger partial charge is 0.388 e. The van der Waals surface area contributed by atoms with E-state index in [0.717, 1.165) is 21.7 Å². The minimum absolute atomic E-state index is 0.477. The molecule has 90 valence electrons. The molecule has 0 bridgehead atoms. The Bertz CT molecular complexity index is 524. The number of hydrogen-bond donors (Lipinski definition) is 1. The van der Waals surface area contributed by atoms with Crippen molar-refractivity contribution in [1.82, 2.24) is 0 Å². The van der Waals surface area contributed by atoms with Crippen LogP contribution in [0.2, 0.25) is 5.02 Å². The number of halogens is 2. The van der Waals surface area contributed by atoms with Gasteiger partial charge in [-0.1, -0.05) is 23.7 Å². The second-order valence-electron chi connectivity index (χ2n) is 4.00. The third-order valence-corrected chi connectivity index (χ3v) is 4.75. The second kappa shape index (κ2) is 5.69. The molecular formula is C13H12ClIOS. The van der Waals surface area contributed by atoms with E-state index in [1.54, 1.807) is 11.3 Å². The first-order chi connectivity index (χ1) is 8.06. The van der Waals surface area contributed by atoms with E-state index < -0.39 is 6.10 Å². The molecule has 1 heterocycles. The average Bonchev–Trinajstić information content (AvgIpc) is 2.69. The fourth-order valence-corrected chi connectivity index (χ4v) is 3.37. The Kier molecular flexibility index (Phi) is 4.47. The van der Waals surface area contributed by atoms with Gasteiger partial charge >= 0.3 is 0 Å². The molecule has 0 saturated carbocycles. The third-order valence-electron chi connectivity index (χ3n) is 2.59. The molecule has 1 nitrogen and oxygen atoms in total. The van der Waals surface area contributed by atoms with Gasteiger partial charge in [-0.2, -0.15) is 0 Å². The molecule has 0 aliphatic rings. The van der Waals surface area contributed by atoms with Crippen LogP contribution in [0.25, 0.3) is 0 Å². The second-order valence-corrected chi connectivity index (χ2v) is 7.21. The van der Waals surface area contributed by atoms with E-state index >= 15 is 0 Å². The number of rotatable bonds is 3. The summed E-state index contributed by atoms with van der Waals surface area (Å²) in [6.07, 6.45) is 0.0846. The Morgan fingerprint density at radius 2 is 2.18 bits per heavy atom. The Balaban J connectivity index is 2.15. The van der Waals surface area contributed by atoms with E-state index in [1.807, 2.05) is 36.6 Å². The predicted octanol–water partition coefficient (Wildman–Crippen LogP) is 4.59. The zero-order chi connectivity index (χ0) is 12.4. The molecule has 1 unspecified atom stereocenters.